The number of rotatable bonds is 11. The van der Waals surface area contributed by atoms with Crippen LogP contribution in [0.15, 0.2) is 63.8 Å². The second kappa shape index (κ2) is 14.3. The van der Waals surface area contributed by atoms with E-state index in [1.807, 2.05) is 12.1 Å². The molecule has 4 rings (SSSR count). The molecule has 1 N–H and O–H groups in total. The van der Waals surface area contributed by atoms with Crippen LogP contribution in [-0.2, 0) is 27.3 Å². The Morgan fingerprint density at radius 1 is 0.978 bits per heavy atom. The standard InChI is InChI=1S/C34H36N2O8S/c1-34(2,3)29(37)19-31-36(20-30(38)35-16-15-21-11-13-26(41-4)27(17-21)42-5)32(39)28(45-31)18-22-12-14-25(44-22)23-9-7-8-10-24(23)33(40)43-6/h7-14,17-19H,15-16,20H2,1-6H3,(H,35,38)/b28-18-,31-19+. The van der Waals surface area contributed by atoms with Crippen molar-refractivity contribution in [3.63, 3.8) is 0 Å². The van der Waals surface area contributed by atoms with Crippen molar-refractivity contribution in [1.82, 2.24) is 9.88 Å². The summed E-state index contributed by atoms with van der Waals surface area (Å²) in [6.45, 7) is 5.41. The molecule has 236 valence electrons. The van der Waals surface area contributed by atoms with E-state index in [9.17, 15) is 19.2 Å². The van der Waals surface area contributed by atoms with Crippen molar-refractivity contribution < 1.29 is 33.0 Å². The summed E-state index contributed by atoms with van der Waals surface area (Å²) in [5, 5.41) is 2.85. The monoisotopic (exact) mass is 632 g/mol. The number of methoxy groups -OCH3 is 3. The maximum absolute atomic E-state index is 13.5. The van der Waals surface area contributed by atoms with Crippen LogP contribution in [-0.4, -0.2) is 50.1 Å². The summed E-state index contributed by atoms with van der Waals surface area (Å²) in [7, 11) is 4.42. The quantitative estimate of drug-likeness (QED) is 0.249. The van der Waals surface area contributed by atoms with Gasteiger partial charge in [0, 0.05) is 29.7 Å². The Hall–Kier alpha value is -4.90. The molecule has 10 nitrogen and oxygen atoms in total. The number of amides is 1. The molecular weight excluding hydrogens is 596 g/mol. The second-order valence-corrected chi connectivity index (χ2v) is 12.2. The first kappa shape index (κ1) is 33.0. The van der Waals surface area contributed by atoms with E-state index < -0.39 is 16.9 Å². The summed E-state index contributed by atoms with van der Waals surface area (Å²) in [6, 6.07) is 15.8. The Bertz CT molecular complexity index is 1890. The highest BCUT2D eigenvalue weighted by Gasteiger charge is 2.20. The largest absolute Gasteiger partial charge is 0.493 e. The summed E-state index contributed by atoms with van der Waals surface area (Å²) >= 11 is 1.09. The number of nitrogens with zero attached hydrogens (tertiary/aromatic N) is 1. The molecule has 0 atom stereocenters. The van der Waals surface area contributed by atoms with E-state index in [0.29, 0.717) is 51.8 Å². The molecule has 0 aliphatic heterocycles. The number of furan rings is 1. The smallest absolute Gasteiger partial charge is 0.338 e. The lowest BCUT2D eigenvalue weighted by Crippen LogP contribution is -2.39. The second-order valence-electron chi connectivity index (χ2n) is 11.1. The number of hydrogen-bond acceptors (Lipinski definition) is 9. The zero-order chi connectivity index (χ0) is 32.7. The van der Waals surface area contributed by atoms with Gasteiger partial charge in [0.1, 0.15) is 22.7 Å². The third kappa shape index (κ3) is 7.98. The number of thiazole rings is 1. The fourth-order valence-corrected chi connectivity index (χ4v) is 5.42. The zero-order valence-corrected chi connectivity index (χ0v) is 26.9. The molecule has 0 spiro atoms. The number of esters is 1. The van der Waals surface area contributed by atoms with Gasteiger partial charge in [0.25, 0.3) is 5.56 Å². The Labute approximate surface area is 264 Å². The molecule has 0 aliphatic carbocycles. The minimum Gasteiger partial charge on any atom is -0.493 e. The molecular formula is C34H36N2O8S. The maximum atomic E-state index is 13.5. The van der Waals surface area contributed by atoms with Gasteiger partial charge in [-0.3, -0.25) is 19.0 Å². The Balaban J connectivity index is 1.61. The van der Waals surface area contributed by atoms with E-state index in [0.717, 1.165) is 16.9 Å². The highest BCUT2D eigenvalue weighted by molar-refractivity contribution is 7.07. The van der Waals surface area contributed by atoms with Crippen LogP contribution in [0.1, 0.15) is 42.5 Å². The number of ketones is 1. The van der Waals surface area contributed by atoms with Crippen molar-refractivity contribution in [2.75, 3.05) is 27.9 Å². The molecule has 45 heavy (non-hydrogen) atoms. The van der Waals surface area contributed by atoms with Crippen LogP contribution in [0.2, 0.25) is 0 Å². The molecule has 0 fully saturated rings. The van der Waals surface area contributed by atoms with Gasteiger partial charge in [-0.05, 0) is 42.3 Å². The molecule has 2 aromatic carbocycles. The highest BCUT2D eigenvalue weighted by atomic mass is 32.1. The molecule has 0 radical (unpaired) electrons. The van der Waals surface area contributed by atoms with Crippen molar-refractivity contribution in [3.8, 4) is 22.8 Å². The van der Waals surface area contributed by atoms with Gasteiger partial charge >= 0.3 is 5.97 Å². The molecule has 4 aromatic rings. The van der Waals surface area contributed by atoms with Crippen LogP contribution in [0, 0.1) is 5.41 Å². The minimum absolute atomic E-state index is 0.183. The topological polar surface area (TPSA) is 126 Å². The minimum atomic E-state index is -0.681. The number of nitrogens with one attached hydrogen (secondary N) is 1. The summed E-state index contributed by atoms with van der Waals surface area (Å²) in [4.78, 5) is 51.7. The number of Topliss-reactive ketones (excluding diaryl/α,β-unsaturated/α-hetero) is 1. The van der Waals surface area contributed by atoms with E-state index in [1.165, 1.54) is 17.8 Å². The Kier molecular flexibility index (Phi) is 10.5. The molecule has 0 saturated heterocycles. The average Bonchev–Trinajstić information content (AvgIpc) is 3.60. The predicted octanol–water partition coefficient (Wildman–Crippen LogP) is 3.56. The normalized spacial score (nSPS) is 12.2. The summed E-state index contributed by atoms with van der Waals surface area (Å²) in [5.41, 5.74) is 0.709. The number of hydrogen-bond donors (Lipinski definition) is 1. The van der Waals surface area contributed by atoms with Gasteiger partial charge in [0.2, 0.25) is 5.91 Å². The van der Waals surface area contributed by atoms with Gasteiger partial charge in [-0.25, -0.2) is 4.79 Å². The van der Waals surface area contributed by atoms with Crippen molar-refractivity contribution in [3.05, 3.63) is 91.0 Å². The number of carbonyl (C=O) groups excluding carboxylic acids is 3. The Morgan fingerprint density at radius 3 is 2.40 bits per heavy atom. The lowest BCUT2D eigenvalue weighted by Gasteiger charge is -2.13. The first-order valence-corrected chi connectivity index (χ1v) is 15.0. The average molecular weight is 633 g/mol. The zero-order valence-electron chi connectivity index (χ0n) is 26.1. The van der Waals surface area contributed by atoms with Crippen LogP contribution in [0.25, 0.3) is 23.5 Å². The van der Waals surface area contributed by atoms with E-state index in [-0.39, 0.29) is 22.8 Å². The van der Waals surface area contributed by atoms with Crippen LogP contribution >= 0.6 is 11.3 Å². The molecule has 2 heterocycles. The van der Waals surface area contributed by atoms with Crippen LogP contribution in [0.5, 0.6) is 11.5 Å². The fraction of sp³-hybridized carbons (Fsp3) is 0.294. The molecule has 0 bridgehead atoms. The van der Waals surface area contributed by atoms with E-state index in [1.54, 1.807) is 83.5 Å². The first-order valence-electron chi connectivity index (χ1n) is 14.2. The third-order valence-electron chi connectivity index (χ3n) is 6.91. The summed E-state index contributed by atoms with van der Waals surface area (Å²) < 4.78 is 23.4. The molecule has 0 saturated carbocycles. The molecule has 0 unspecified atom stereocenters. The van der Waals surface area contributed by atoms with Crippen molar-refractivity contribution in [2.24, 2.45) is 5.41 Å². The van der Waals surface area contributed by atoms with Crippen LogP contribution in [0.4, 0.5) is 0 Å². The van der Waals surface area contributed by atoms with Gasteiger partial charge in [0.05, 0.1) is 31.4 Å². The van der Waals surface area contributed by atoms with Crippen LogP contribution < -0.4 is 29.5 Å². The van der Waals surface area contributed by atoms with Gasteiger partial charge in [-0.2, -0.15) is 0 Å². The van der Waals surface area contributed by atoms with Crippen molar-refractivity contribution >= 4 is 41.1 Å². The Morgan fingerprint density at radius 2 is 1.71 bits per heavy atom. The number of benzene rings is 2. The lowest BCUT2D eigenvalue weighted by atomic mass is 9.91. The van der Waals surface area contributed by atoms with E-state index in [4.69, 9.17) is 18.6 Å². The molecule has 2 aromatic heterocycles. The predicted molar refractivity (Wildman–Crippen MR) is 172 cm³/mol. The third-order valence-corrected chi connectivity index (χ3v) is 7.97. The first-order chi connectivity index (χ1) is 21.4. The van der Waals surface area contributed by atoms with E-state index in [2.05, 4.69) is 5.32 Å². The summed E-state index contributed by atoms with van der Waals surface area (Å²) in [6.07, 6.45) is 3.49. The maximum Gasteiger partial charge on any atom is 0.338 e. The van der Waals surface area contributed by atoms with Crippen LogP contribution in [0.3, 0.4) is 0 Å². The molecule has 0 aliphatic rings. The summed E-state index contributed by atoms with van der Waals surface area (Å²) in [5.74, 6) is 0.928. The van der Waals surface area contributed by atoms with E-state index >= 15 is 0 Å². The number of carbonyl (C=O) groups is 3. The number of ether oxygens (including phenoxy) is 3. The van der Waals surface area contributed by atoms with Gasteiger partial charge in [-0.1, -0.05) is 45.0 Å². The highest BCUT2D eigenvalue weighted by Crippen LogP contribution is 2.28. The van der Waals surface area contributed by atoms with Crippen molar-refractivity contribution in [1.29, 1.82) is 0 Å². The SMILES string of the molecule is COC(=O)c1ccccc1-c1ccc(/C=c2\s/c(=C/C(=O)C(C)(C)C)n(CC(=O)NCCc3ccc(OC)c(OC)c3)c2=O)o1. The van der Waals surface area contributed by atoms with Gasteiger partial charge < -0.3 is 23.9 Å². The van der Waals surface area contributed by atoms with Crippen molar-refractivity contribution in [2.45, 2.75) is 33.7 Å². The van der Waals surface area contributed by atoms with Gasteiger partial charge in [0.15, 0.2) is 17.3 Å². The molecule has 1 amide bonds. The molecule has 11 heteroatoms. The lowest BCUT2D eigenvalue weighted by molar-refractivity contribution is -0.122. The fourth-order valence-electron chi connectivity index (χ4n) is 4.39. The van der Waals surface area contributed by atoms with Gasteiger partial charge in [-0.15, -0.1) is 11.3 Å². The number of aromatic nitrogens is 1.